The predicted molar refractivity (Wildman–Crippen MR) is 230 cm³/mol. The van der Waals surface area contributed by atoms with Crippen LogP contribution in [0.4, 0.5) is 0 Å². The molecule has 10 rings (SSSR count). The number of nitrogens with zero attached hydrogens (tertiary/aromatic N) is 4. The number of fused-ring (bicyclic) bond motifs is 6. The number of hydrogen-bond donors (Lipinski definition) is 0. The molecule has 56 heavy (non-hydrogen) atoms. The Morgan fingerprint density at radius 3 is 2.14 bits per heavy atom. The van der Waals surface area contributed by atoms with Gasteiger partial charge in [0.05, 0.1) is 17.2 Å². The van der Waals surface area contributed by atoms with E-state index in [0.29, 0.717) is 18.7 Å². The van der Waals surface area contributed by atoms with E-state index in [1.807, 2.05) is 35.0 Å². The molecule has 1 heterocycles. The minimum atomic E-state index is -0.170. The third-order valence-electron chi connectivity index (χ3n) is 11.5. The largest absolute Gasteiger partial charge is 0.518 e. The molecule has 8 aromatic rings. The highest BCUT2D eigenvalue weighted by Crippen LogP contribution is 2.55. The SMILES string of the molecule is CC1(C)c2ccccc2-c2c(-c3cc(C4=NC(c5ccccc5)=[N+](Cc5ccccc5)[N-]C4)cc(-c4ccc5cc(C#N)ccc5c4)c3)cc3ccccc3c21. The Bertz CT molecular complexity index is 2970. The average molecular weight is 719 g/mol. The summed E-state index contributed by atoms with van der Waals surface area (Å²) in [5.74, 6) is 0.837. The summed E-state index contributed by atoms with van der Waals surface area (Å²) in [6.07, 6.45) is 0. The van der Waals surface area contributed by atoms with Gasteiger partial charge < -0.3 is 10.1 Å². The summed E-state index contributed by atoms with van der Waals surface area (Å²) in [5, 5.41) is 14.2. The lowest BCUT2D eigenvalue weighted by Gasteiger charge is -2.27. The molecule has 4 nitrogen and oxygen atoms in total. The van der Waals surface area contributed by atoms with Crippen LogP contribution < -0.4 is 0 Å². The lowest BCUT2D eigenvalue weighted by molar-refractivity contribution is -0.496. The van der Waals surface area contributed by atoms with Gasteiger partial charge in [-0.25, -0.2) is 0 Å². The van der Waals surface area contributed by atoms with Crippen molar-refractivity contribution in [3.8, 4) is 39.4 Å². The number of nitriles is 1. The van der Waals surface area contributed by atoms with Gasteiger partial charge in [0.2, 0.25) is 0 Å². The highest BCUT2D eigenvalue weighted by atomic mass is 15.5. The Hall–Kier alpha value is -7.09. The Morgan fingerprint density at radius 1 is 0.607 bits per heavy atom. The number of amidine groups is 1. The average Bonchev–Trinajstić information content (AvgIpc) is 3.50. The van der Waals surface area contributed by atoms with Crippen molar-refractivity contribution in [1.29, 1.82) is 5.26 Å². The molecule has 2 aliphatic rings. The molecule has 0 spiro atoms. The standard InChI is InChI=1S/C52H38N4/c1-52(2)47-20-12-11-19-45(47)49-46(30-40-17-9-10-18-44(40)50(49)52)42-27-41(39-24-23-37-25-35(31-53)21-22-38(37)26-39)28-43(29-42)48-32-54-56(33-34-13-5-3-6-14-34)51(55-48)36-15-7-4-8-16-36/h3-30H,32-33H2,1-2H3. The van der Waals surface area contributed by atoms with E-state index in [2.05, 4.69) is 159 Å². The van der Waals surface area contributed by atoms with Crippen molar-refractivity contribution in [3.63, 3.8) is 0 Å². The van der Waals surface area contributed by atoms with Crippen LogP contribution in [0.1, 0.15) is 47.2 Å². The summed E-state index contributed by atoms with van der Waals surface area (Å²) in [4.78, 5) is 5.45. The van der Waals surface area contributed by atoms with Crippen LogP contribution in [0.3, 0.4) is 0 Å². The highest BCUT2D eigenvalue weighted by Gasteiger charge is 2.38. The fourth-order valence-electron chi connectivity index (χ4n) is 8.77. The molecule has 8 aromatic carbocycles. The molecule has 0 unspecified atom stereocenters. The van der Waals surface area contributed by atoms with Crippen LogP contribution in [0.5, 0.6) is 0 Å². The first-order chi connectivity index (χ1) is 27.4. The smallest absolute Gasteiger partial charge is 0.317 e. The first-order valence-corrected chi connectivity index (χ1v) is 19.2. The van der Waals surface area contributed by atoms with Gasteiger partial charge in [0.25, 0.3) is 0 Å². The summed E-state index contributed by atoms with van der Waals surface area (Å²) in [7, 11) is 0. The summed E-state index contributed by atoms with van der Waals surface area (Å²) in [6.45, 7) is 5.81. The van der Waals surface area contributed by atoms with Crippen molar-refractivity contribution >= 4 is 33.1 Å². The Kier molecular flexibility index (Phi) is 7.97. The molecular weight excluding hydrogens is 681 g/mol. The summed E-state index contributed by atoms with van der Waals surface area (Å²) in [5.41, 5.74) is 19.7. The summed E-state index contributed by atoms with van der Waals surface area (Å²) >= 11 is 0. The number of benzene rings is 8. The molecule has 0 fully saturated rings. The van der Waals surface area contributed by atoms with Crippen molar-refractivity contribution in [2.24, 2.45) is 4.99 Å². The molecule has 0 aromatic heterocycles. The molecule has 1 aliphatic carbocycles. The minimum Gasteiger partial charge on any atom is -0.518 e. The van der Waals surface area contributed by atoms with Gasteiger partial charge in [0.1, 0.15) is 12.3 Å². The molecule has 0 saturated heterocycles. The van der Waals surface area contributed by atoms with Gasteiger partial charge in [0.15, 0.2) is 0 Å². The predicted octanol–water partition coefficient (Wildman–Crippen LogP) is 12.3. The fraction of sp³-hybridized carbons (Fsp3) is 0.0962. The van der Waals surface area contributed by atoms with E-state index in [0.717, 1.165) is 50.1 Å². The molecule has 266 valence electrons. The first kappa shape index (κ1) is 33.5. The molecule has 0 amide bonds. The maximum absolute atomic E-state index is 9.56. The number of hydrogen-bond acceptors (Lipinski definition) is 2. The maximum Gasteiger partial charge on any atom is 0.317 e. The highest BCUT2D eigenvalue weighted by molar-refractivity contribution is 6.15. The second-order valence-electron chi connectivity index (χ2n) is 15.3. The van der Waals surface area contributed by atoms with Crippen molar-refractivity contribution in [3.05, 3.63) is 209 Å². The second kappa shape index (κ2) is 13.3. The van der Waals surface area contributed by atoms with Crippen LogP contribution in [0.25, 0.3) is 60.4 Å². The van der Waals surface area contributed by atoms with Gasteiger partial charge >= 0.3 is 5.84 Å². The Labute approximate surface area is 327 Å². The van der Waals surface area contributed by atoms with E-state index < -0.39 is 0 Å². The van der Waals surface area contributed by atoms with Crippen LogP contribution >= 0.6 is 0 Å². The third-order valence-corrected chi connectivity index (χ3v) is 11.5. The Balaban J connectivity index is 1.22. The van der Waals surface area contributed by atoms with Crippen LogP contribution in [0, 0.1) is 11.3 Å². The van der Waals surface area contributed by atoms with Crippen molar-refractivity contribution in [1.82, 2.24) is 0 Å². The van der Waals surface area contributed by atoms with Gasteiger partial charge in [-0.1, -0.05) is 129 Å². The van der Waals surface area contributed by atoms with Gasteiger partial charge in [-0.3, -0.25) is 0 Å². The molecular formula is C52H38N4. The van der Waals surface area contributed by atoms with E-state index >= 15 is 0 Å². The van der Waals surface area contributed by atoms with E-state index in [1.54, 1.807) is 0 Å². The van der Waals surface area contributed by atoms with Gasteiger partial charge in [-0.2, -0.15) is 5.26 Å². The van der Waals surface area contributed by atoms with Crippen LogP contribution in [0.2, 0.25) is 0 Å². The van der Waals surface area contributed by atoms with Crippen LogP contribution in [-0.4, -0.2) is 22.8 Å². The van der Waals surface area contributed by atoms with E-state index in [4.69, 9.17) is 10.4 Å². The van der Waals surface area contributed by atoms with Gasteiger partial charge in [-0.05, 0) is 138 Å². The minimum absolute atomic E-state index is 0.170. The zero-order valence-corrected chi connectivity index (χ0v) is 31.4. The molecule has 0 radical (unpaired) electrons. The maximum atomic E-state index is 9.56. The monoisotopic (exact) mass is 718 g/mol. The van der Waals surface area contributed by atoms with E-state index in [1.165, 1.54) is 44.2 Å². The molecule has 0 saturated carbocycles. The molecule has 0 atom stereocenters. The lowest BCUT2D eigenvalue weighted by atomic mass is 9.79. The van der Waals surface area contributed by atoms with E-state index in [-0.39, 0.29) is 5.41 Å². The lowest BCUT2D eigenvalue weighted by Crippen LogP contribution is -2.27. The molecule has 1 aliphatic heterocycles. The van der Waals surface area contributed by atoms with E-state index in [9.17, 15) is 5.26 Å². The van der Waals surface area contributed by atoms with Crippen molar-refractivity contribution in [2.45, 2.75) is 25.8 Å². The quantitative estimate of drug-likeness (QED) is 0.158. The van der Waals surface area contributed by atoms with Crippen molar-refractivity contribution in [2.75, 3.05) is 6.54 Å². The number of aliphatic imine (C=N–C) groups is 1. The zero-order chi connectivity index (χ0) is 37.8. The molecule has 4 heteroatoms. The topological polar surface area (TPSA) is 53.3 Å². The normalized spacial score (nSPS) is 14.2. The number of rotatable bonds is 6. The zero-order valence-electron chi connectivity index (χ0n) is 31.4. The van der Waals surface area contributed by atoms with Crippen molar-refractivity contribution < 1.29 is 4.68 Å². The Morgan fingerprint density at radius 2 is 1.30 bits per heavy atom. The third kappa shape index (κ3) is 5.68. The fourth-order valence-corrected chi connectivity index (χ4v) is 8.77. The van der Waals surface area contributed by atoms with Gasteiger partial charge in [-0.15, -0.1) is 0 Å². The second-order valence-corrected chi connectivity index (χ2v) is 15.3. The van der Waals surface area contributed by atoms with Crippen LogP contribution in [0.15, 0.2) is 175 Å². The van der Waals surface area contributed by atoms with Crippen LogP contribution in [-0.2, 0) is 12.0 Å². The molecule has 0 bridgehead atoms. The summed E-state index contributed by atoms with van der Waals surface area (Å²) in [6, 6.07) is 62.6. The summed E-state index contributed by atoms with van der Waals surface area (Å²) < 4.78 is 2.05. The first-order valence-electron chi connectivity index (χ1n) is 19.2. The van der Waals surface area contributed by atoms with Gasteiger partial charge in [0, 0.05) is 11.0 Å². The molecule has 0 N–H and O–H groups in total.